The molecule has 2 aromatic rings. The monoisotopic (exact) mass is 425 g/mol. The smallest absolute Gasteiger partial charge is 0.331 e. The number of esters is 1. The first-order valence-corrected chi connectivity index (χ1v) is 9.85. The summed E-state index contributed by atoms with van der Waals surface area (Å²) >= 11 is 0. The molecule has 0 spiro atoms. The molecule has 0 saturated carbocycles. The number of ether oxygens (including phenoxy) is 3. The van der Waals surface area contributed by atoms with Gasteiger partial charge in [-0.15, -0.1) is 0 Å². The summed E-state index contributed by atoms with van der Waals surface area (Å²) < 4.78 is 16.1. The third kappa shape index (κ3) is 7.29. The number of hydrogen-bond donors (Lipinski definition) is 1. The second kappa shape index (κ2) is 11.0. The molecule has 0 bridgehead atoms. The molecule has 1 N–H and O–H groups in total. The van der Waals surface area contributed by atoms with Crippen molar-refractivity contribution in [2.75, 3.05) is 12.4 Å². The van der Waals surface area contributed by atoms with E-state index in [2.05, 4.69) is 5.32 Å². The van der Waals surface area contributed by atoms with Crippen LogP contribution >= 0.6 is 0 Å². The van der Waals surface area contributed by atoms with Crippen LogP contribution in [-0.2, 0) is 14.3 Å². The fourth-order valence-corrected chi connectivity index (χ4v) is 2.63. The quantitative estimate of drug-likeness (QED) is 0.367. The van der Waals surface area contributed by atoms with Crippen LogP contribution in [0.2, 0.25) is 0 Å². The van der Waals surface area contributed by atoms with Gasteiger partial charge in [0.25, 0.3) is 5.91 Å². The van der Waals surface area contributed by atoms with E-state index < -0.39 is 18.0 Å². The molecular formula is C24H27NO6. The number of carbonyl (C=O) groups excluding carboxylic acids is 3. The molecular weight excluding hydrogens is 398 g/mol. The predicted octanol–water partition coefficient (Wildman–Crippen LogP) is 4.27. The summed E-state index contributed by atoms with van der Waals surface area (Å²) in [4.78, 5) is 35.8. The molecule has 164 valence electrons. The lowest BCUT2D eigenvalue weighted by molar-refractivity contribution is -0.148. The van der Waals surface area contributed by atoms with Crippen LogP contribution in [-0.4, -0.2) is 37.0 Å². The highest BCUT2D eigenvalue weighted by molar-refractivity contribution is 5.99. The topological polar surface area (TPSA) is 90.9 Å². The fraction of sp³-hybridized carbons (Fsp3) is 0.292. The lowest BCUT2D eigenvalue weighted by Gasteiger charge is -2.14. The number of rotatable bonds is 9. The zero-order valence-electron chi connectivity index (χ0n) is 18.3. The molecule has 0 aliphatic heterocycles. The Labute approximate surface area is 182 Å². The summed E-state index contributed by atoms with van der Waals surface area (Å²) in [5, 5.41) is 2.63. The molecule has 0 unspecified atom stereocenters. The Bertz CT molecular complexity index is 980. The van der Waals surface area contributed by atoms with Gasteiger partial charge in [0.2, 0.25) is 0 Å². The van der Waals surface area contributed by atoms with Gasteiger partial charge in [-0.25, -0.2) is 4.79 Å². The maximum Gasteiger partial charge on any atom is 0.331 e. The van der Waals surface area contributed by atoms with Crippen LogP contribution in [0.4, 0.5) is 5.69 Å². The molecule has 0 aliphatic carbocycles. The van der Waals surface area contributed by atoms with E-state index in [1.807, 2.05) is 13.8 Å². The van der Waals surface area contributed by atoms with Gasteiger partial charge in [0.05, 0.1) is 13.2 Å². The van der Waals surface area contributed by atoms with Gasteiger partial charge in [-0.2, -0.15) is 0 Å². The fourth-order valence-electron chi connectivity index (χ4n) is 2.63. The van der Waals surface area contributed by atoms with Gasteiger partial charge in [0.15, 0.2) is 23.4 Å². The first-order valence-electron chi connectivity index (χ1n) is 9.85. The molecule has 7 heteroatoms. The van der Waals surface area contributed by atoms with Gasteiger partial charge in [0.1, 0.15) is 0 Å². The van der Waals surface area contributed by atoms with Crippen LogP contribution in [0.1, 0.15) is 43.6 Å². The van der Waals surface area contributed by atoms with Gasteiger partial charge in [0, 0.05) is 17.3 Å². The van der Waals surface area contributed by atoms with E-state index in [1.54, 1.807) is 48.5 Å². The van der Waals surface area contributed by atoms with Crippen molar-refractivity contribution in [2.24, 2.45) is 0 Å². The second-order valence-electron chi connectivity index (χ2n) is 7.12. The highest BCUT2D eigenvalue weighted by Gasteiger charge is 2.17. The SMILES string of the molecule is COc1cc(/C=C/C(=O)O[C@H](C)C(=O)Nc2cccc(C(C)=O)c2)ccc1OC(C)C. The van der Waals surface area contributed by atoms with Crippen molar-refractivity contribution in [1.29, 1.82) is 0 Å². The Hall–Kier alpha value is -3.61. The van der Waals surface area contributed by atoms with Crippen LogP contribution in [0, 0.1) is 0 Å². The summed E-state index contributed by atoms with van der Waals surface area (Å²) in [5.74, 6) is -0.122. The van der Waals surface area contributed by atoms with Crippen molar-refractivity contribution < 1.29 is 28.6 Å². The Morgan fingerprint density at radius 2 is 1.74 bits per heavy atom. The Morgan fingerprint density at radius 1 is 1.00 bits per heavy atom. The van der Waals surface area contributed by atoms with Gasteiger partial charge in [-0.3, -0.25) is 9.59 Å². The maximum atomic E-state index is 12.3. The van der Waals surface area contributed by atoms with E-state index in [-0.39, 0.29) is 11.9 Å². The molecule has 0 aromatic heterocycles. The zero-order valence-corrected chi connectivity index (χ0v) is 18.3. The number of ketones is 1. The number of benzene rings is 2. The van der Waals surface area contributed by atoms with E-state index in [0.29, 0.717) is 28.3 Å². The highest BCUT2D eigenvalue weighted by Crippen LogP contribution is 2.29. The highest BCUT2D eigenvalue weighted by atomic mass is 16.5. The summed E-state index contributed by atoms with van der Waals surface area (Å²) in [6, 6.07) is 11.8. The number of anilines is 1. The Kier molecular flexibility index (Phi) is 8.37. The molecule has 1 atom stereocenters. The molecule has 0 aliphatic rings. The first-order chi connectivity index (χ1) is 14.7. The summed E-state index contributed by atoms with van der Waals surface area (Å²) in [6.45, 7) is 6.75. The average molecular weight is 425 g/mol. The molecule has 2 rings (SSSR count). The largest absolute Gasteiger partial charge is 0.493 e. The van der Waals surface area contributed by atoms with E-state index in [9.17, 15) is 14.4 Å². The summed E-state index contributed by atoms with van der Waals surface area (Å²) in [6.07, 6.45) is 1.78. The van der Waals surface area contributed by atoms with E-state index in [1.165, 1.54) is 27.0 Å². The zero-order chi connectivity index (χ0) is 23.0. The minimum atomic E-state index is -1.02. The molecule has 1 amide bonds. The van der Waals surface area contributed by atoms with E-state index >= 15 is 0 Å². The first kappa shape index (κ1) is 23.7. The molecule has 0 saturated heterocycles. The normalized spacial score (nSPS) is 11.8. The number of methoxy groups -OCH3 is 1. The van der Waals surface area contributed by atoms with Crippen LogP contribution in [0.15, 0.2) is 48.5 Å². The maximum absolute atomic E-state index is 12.3. The molecule has 0 heterocycles. The number of Topliss-reactive ketones (excluding diaryl/α,β-unsaturated/α-hetero) is 1. The lowest BCUT2D eigenvalue weighted by Crippen LogP contribution is -2.29. The Balaban J connectivity index is 1.96. The van der Waals surface area contributed by atoms with Gasteiger partial charge in [-0.1, -0.05) is 18.2 Å². The van der Waals surface area contributed by atoms with Crippen LogP contribution in [0.5, 0.6) is 11.5 Å². The molecule has 0 radical (unpaired) electrons. The third-order valence-electron chi connectivity index (χ3n) is 4.16. The van der Waals surface area contributed by atoms with Crippen molar-refractivity contribution >= 4 is 29.4 Å². The minimum absolute atomic E-state index is 0.00263. The van der Waals surface area contributed by atoms with Crippen molar-refractivity contribution in [3.05, 3.63) is 59.7 Å². The molecule has 0 fully saturated rings. The number of amides is 1. The number of nitrogens with one attached hydrogen (secondary N) is 1. The van der Waals surface area contributed by atoms with Gasteiger partial charge in [-0.05, 0) is 63.6 Å². The number of carbonyl (C=O) groups is 3. The predicted molar refractivity (Wildman–Crippen MR) is 118 cm³/mol. The van der Waals surface area contributed by atoms with Crippen LogP contribution in [0.25, 0.3) is 6.08 Å². The minimum Gasteiger partial charge on any atom is -0.493 e. The van der Waals surface area contributed by atoms with E-state index in [0.717, 1.165) is 0 Å². The van der Waals surface area contributed by atoms with Crippen molar-refractivity contribution in [3.8, 4) is 11.5 Å². The molecule has 7 nitrogen and oxygen atoms in total. The van der Waals surface area contributed by atoms with Crippen LogP contribution in [0.3, 0.4) is 0 Å². The summed E-state index contributed by atoms with van der Waals surface area (Å²) in [7, 11) is 1.54. The molecule has 2 aromatic carbocycles. The van der Waals surface area contributed by atoms with Crippen molar-refractivity contribution in [1.82, 2.24) is 0 Å². The number of hydrogen-bond acceptors (Lipinski definition) is 6. The van der Waals surface area contributed by atoms with E-state index in [4.69, 9.17) is 14.2 Å². The van der Waals surface area contributed by atoms with Crippen molar-refractivity contribution in [2.45, 2.75) is 39.9 Å². The molecule has 31 heavy (non-hydrogen) atoms. The third-order valence-corrected chi connectivity index (χ3v) is 4.16. The second-order valence-corrected chi connectivity index (χ2v) is 7.12. The lowest BCUT2D eigenvalue weighted by atomic mass is 10.1. The van der Waals surface area contributed by atoms with Crippen molar-refractivity contribution in [3.63, 3.8) is 0 Å². The standard InChI is InChI=1S/C24H27NO6/c1-15(2)30-21-11-9-18(13-22(21)29-5)10-12-23(27)31-17(4)24(28)25-20-8-6-7-19(14-20)16(3)26/h6-15,17H,1-5H3,(H,25,28)/b12-10+/t17-/m1/s1. The van der Waals surface area contributed by atoms with Crippen LogP contribution < -0.4 is 14.8 Å². The average Bonchev–Trinajstić information content (AvgIpc) is 2.72. The Morgan fingerprint density at radius 3 is 2.39 bits per heavy atom. The van der Waals surface area contributed by atoms with Gasteiger partial charge < -0.3 is 19.5 Å². The summed E-state index contributed by atoms with van der Waals surface area (Å²) in [5.41, 5.74) is 1.64. The van der Waals surface area contributed by atoms with Gasteiger partial charge >= 0.3 is 5.97 Å².